The first-order chi connectivity index (χ1) is 19.7. The molecule has 0 saturated heterocycles. The second kappa shape index (κ2) is 12.2. The van der Waals surface area contributed by atoms with E-state index in [9.17, 15) is 14.7 Å². The number of carbonyl (C=O) groups excluding carboxylic acids is 2. The highest BCUT2D eigenvalue weighted by molar-refractivity contribution is 9.10. The van der Waals surface area contributed by atoms with E-state index in [1.54, 1.807) is 26.4 Å². The number of allylic oxidation sites excluding steroid dienone is 3. The Balaban J connectivity index is 1.58. The molecule has 1 fully saturated rings. The average molecular weight is 627 g/mol. The van der Waals surface area contributed by atoms with Gasteiger partial charge in [-0.3, -0.25) is 4.79 Å². The van der Waals surface area contributed by atoms with E-state index >= 15 is 0 Å². The second-order valence-electron chi connectivity index (χ2n) is 10.7. The Bertz CT molecular complexity index is 1420. The van der Waals surface area contributed by atoms with Crippen LogP contribution in [0.3, 0.4) is 0 Å². The van der Waals surface area contributed by atoms with E-state index in [1.165, 1.54) is 0 Å². The number of ketones is 1. The third-order valence-corrected chi connectivity index (χ3v) is 8.79. The molecule has 2 aliphatic carbocycles. The van der Waals surface area contributed by atoms with Crippen LogP contribution in [0.5, 0.6) is 23.0 Å². The molecule has 3 aliphatic rings. The van der Waals surface area contributed by atoms with Gasteiger partial charge in [0, 0.05) is 29.3 Å². The minimum atomic E-state index is -0.671. The third kappa shape index (κ3) is 5.69. The maximum absolute atomic E-state index is 14.0. The summed E-state index contributed by atoms with van der Waals surface area (Å²) in [6, 6.07) is 9.20. The summed E-state index contributed by atoms with van der Waals surface area (Å²) in [6.07, 6.45) is 4.48. The second-order valence-corrected chi connectivity index (χ2v) is 11.6. The van der Waals surface area contributed by atoms with Crippen LogP contribution in [-0.4, -0.2) is 43.8 Å². The minimum Gasteiger partial charge on any atom is -0.503 e. The predicted octanol–water partition coefficient (Wildman–Crippen LogP) is 6.42. The molecule has 1 aliphatic heterocycles. The van der Waals surface area contributed by atoms with Crippen LogP contribution in [0.2, 0.25) is 0 Å². The first-order valence-corrected chi connectivity index (χ1v) is 14.9. The molecule has 0 aromatic heterocycles. The van der Waals surface area contributed by atoms with Gasteiger partial charge in [0.15, 0.2) is 28.8 Å². The molecule has 8 nitrogen and oxygen atoms in total. The highest BCUT2D eigenvalue weighted by atomic mass is 79.9. The molecule has 41 heavy (non-hydrogen) atoms. The van der Waals surface area contributed by atoms with Crippen LogP contribution in [0, 0.1) is 0 Å². The number of hydrogen-bond acceptors (Lipinski definition) is 8. The van der Waals surface area contributed by atoms with Gasteiger partial charge in [-0.2, -0.15) is 0 Å². The van der Waals surface area contributed by atoms with E-state index < -0.39 is 11.9 Å². The molecule has 218 valence electrons. The zero-order chi connectivity index (χ0) is 29.3. The fourth-order valence-electron chi connectivity index (χ4n) is 6.23. The lowest BCUT2D eigenvalue weighted by Crippen LogP contribution is -2.36. The summed E-state index contributed by atoms with van der Waals surface area (Å²) >= 11 is 3.44. The van der Waals surface area contributed by atoms with E-state index in [-0.39, 0.29) is 35.7 Å². The molecule has 0 radical (unpaired) electrons. The number of ether oxygens (including phenoxy) is 4. The van der Waals surface area contributed by atoms with Crippen LogP contribution in [0.4, 0.5) is 0 Å². The predicted molar refractivity (Wildman–Crippen MR) is 157 cm³/mol. The standard InChI is InChI=1S/C32H36BrNO7/c1-5-40-27-16-20(12-22(33)31(27)36)29-28(32(37)41-21-8-6-7-9-21)17(2)34-23-13-19(14-24(35)30(23)29)18-10-11-25(38-3)26(15-18)39-4/h10-12,15-16,19,21,29,34,36H,5-9,13-14H2,1-4H3/t19-,29-/m0/s1. The van der Waals surface area contributed by atoms with Crippen LogP contribution < -0.4 is 19.5 Å². The van der Waals surface area contributed by atoms with Crippen LogP contribution in [0.1, 0.15) is 75.3 Å². The average Bonchev–Trinajstić information content (AvgIpc) is 3.47. The number of methoxy groups -OCH3 is 2. The Kier molecular flexibility index (Phi) is 8.63. The molecular weight excluding hydrogens is 590 g/mol. The molecule has 2 aromatic rings. The van der Waals surface area contributed by atoms with Crippen molar-refractivity contribution in [3.63, 3.8) is 0 Å². The third-order valence-electron chi connectivity index (χ3n) is 8.19. The highest BCUT2D eigenvalue weighted by Crippen LogP contribution is 2.49. The normalized spacial score (nSPS) is 21.0. The number of phenols is 1. The van der Waals surface area contributed by atoms with Gasteiger partial charge in [0.2, 0.25) is 0 Å². The topological polar surface area (TPSA) is 103 Å². The van der Waals surface area contributed by atoms with Crippen molar-refractivity contribution in [2.45, 2.75) is 70.3 Å². The Morgan fingerprint density at radius 3 is 2.41 bits per heavy atom. The number of nitrogens with one attached hydrogen (secondary N) is 1. The Labute approximate surface area is 248 Å². The first kappa shape index (κ1) is 29.0. The number of benzene rings is 2. The molecular formula is C32H36BrNO7. The molecule has 0 bridgehead atoms. The van der Waals surface area contributed by atoms with Gasteiger partial charge < -0.3 is 29.4 Å². The summed E-state index contributed by atoms with van der Waals surface area (Å²) in [5, 5.41) is 14.0. The van der Waals surface area contributed by atoms with Crippen molar-refractivity contribution in [3.05, 3.63) is 68.5 Å². The van der Waals surface area contributed by atoms with E-state index in [0.717, 1.165) is 36.9 Å². The van der Waals surface area contributed by atoms with Crippen molar-refractivity contribution in [2.24, 2.45) is 0 Å². The number of halogens is 1. The number of aromatic hydroxyl groups is 1. The van der Waals surface area contributed by atoms with Crippen LogP contribution in [0.25, 0.3) is 0 Å². The van der Waals surface area contributed by atoms with Crippen LogP contribution in [-0.2, 0) is 14.3 Å². The van der Waals surface area contributed by atoms with Crippen molar-refractivity contribution in [1.29, 1.82) is 0 Å². The van der Waals surface area contributed by atoms with Gasteiger partial charge in [-0.05, 0) is 103 Å². The SMILES string of the molecule is CCOc1cc([C@H]2C(C(=O)OC3CCCC3)=C(C)NC3=C2C(=O)C[C@@H](c2ccc(OC)c(OC)c2)C3)cc(Br)c1O. The van der Waals surface area contributed by atoms with Crippen LogP contribution >= 0.6 is 15.9 Å². The number of Topliss-reactive ketones (excluding diaryl/α,β-unsaturated/α-hetero) is 1. The number of rotatable bonds is 8. The lowest BCUT2D eigenvalue weighted by atomic mass is 9.71. The number of phenolic OH excluding ortho intramolecular Hbond substituents is 1. The van der Waals surface area contributed by atoms with Crippen molar-refractivity contribution < 1.29 is 33.6 Å². The maximum Gasteiger partial charge on any atom is 0.337 e. The Morgan fingerprint density at radius 2 is 1.73 bits per heavy atom. The lowest BCUT2D eigenvalue weighted by molar-refractivity contribution is -0.144. The summed E-state index contributed by atoms with van der Waals surface area (Å²) in [5.41, 5.74) is 4.03. The Morgan fingerprint density at radius 1 is 1.02 bits per heavy atom. The number of carbonyl (C=O) groups is 2. The van der Waals surface area contributed by atoms with Gasteiger partial charge in [0.25, 0.3) is 0 Å². The van der Waals surface area contributed by atoms with Gasteiger partial charge in [0.05, 0.1) is 30.9 Å². The van der Waals surface area contributed by atoms with E-state index in [4.69, 9.17) is 18.9 Å². The van der Waals surface area contributed by atoms with Crippen molar-refractivity contribution >= 4 is 27.7 Å². The number of hydrogen-bond donors (Lipinski definition) is 2. The molecule has 0 spiro atoms. The Hall–Kier alpha value is -3.46. The molecule has 5 rings (SSSR count). The van der Waals surface area contributed by atoms with Gasteiger partial charge >= 0.3 is 5.97 Å². The molecule has 2 N–H and O–H groups in total. The van der Waals surface area contributed by atoms with Gasteiger partial charge in [0.1, 0.15) is 6.10 Å². The van der Waals surface area contributed by atoms with Crippen molar-refractivity contribution in [1.82, 2.24) is 5.32 Å². The molecule has 1 heterocycles. The molecule has 0 amide bonds. The van der Waals surface area contributed by atoms with Gasteiger partial charge in [-0.25, -0.2) is 4.79 Å². The quantitative estimate of drug-likeness (QED) is 0.324. The monoisotopic (exact) mass is 625 g/mol. The molecule has 0 unspecified atom stereocenters. The summed E-state index contributed by atoms with van der Waals surface area (Å²) in [4.78, 5) is 27.8. The summed E-state index contributed by atoms with van der Waals surface area (Å²) in [5.74, 6) is 0.260. The summed E-state index contributed by atoms with van der Waals surface area (Å²) in [6.45, 7) is 4.03. The van der Waals surface area contributed by atoms with Crippen LogP contribution in [0.15, 0.2) is 57.3 Å². The molecule has 1 saturated carbocycles. The fraction of sp³-hybridized carbons (Fsp3) is 0.438. The van der Waals surface area contributed by atoms with Gasteiger partial charge in [-0.1, -0.05) is 6.07 Å². The largest absolute Gasteiger partial charge is 0.503 e. The lowest BCUT2D eigenvalue weighted by Gasteiger charge is -2.37. The number of dihydropyridines is 1. The van der Waals surface area contributed by atoms with Crippen molar-refractivity contribution in [3.8, 4) is 23.0 Å². The van der Waals surface area contributed by atoms with Gasteiger partial charge in [-0.15, -0.1) is 0 Å². The highest BCUT2D eigenvalue weighted by Gasteiger charge is 2.42. The maximum atomic E-state index is 14.0. The zero-order valence-corrected chi connectivity index (χ0v) is 25.4. The fourth-order valence-corrected chi connectivity index (χ4v) is 6.69. The first-order valence-electron chi connectivity index (χ1n) is 14.1. The molecule has 9 heteroatoms. The number of esters is 1. The summed E-state index contributed by atoms with van der Waals surface area (Å²) in [7, 11) is 3.18. The summed E-state index contributed by atoms with van der Waals surface area (Å²) < 4.78 is 23.0. The molecule has 2 aromatic carbocycles. The minimum absolute atomic E-state index is 0.0296. The smallest absolute Gasteiger partial charge is 0.337 e. The van der Waals surface area contributed by atoms with E-state index in [1.807, 2.05) is 32.0 Å². The van der Waals surface area contributed by atoms with E-state index in [0.29, 0.717) is 51.4 Å². The van der Waals surface area contributed by atoms with Crippen molar-refractivity contribution in [2.75, 3.05) is 20.8 Å². The van der Waals surface area contributed by atoms with E-state index in [2.05, 4.69) is 21.2 Å². The zero-order valence-electron chi connectivity index (χ0n) is 23.8. The molecule has 2 atom stereocenters.